The average Bonchev–Trinajstić information content (AvgIpc) is 3.44. The smallest absolute Gasteiger partial charge is 0.258 e. The first-order valence-electron chi connectivity index (χ1n) is 8.70. The van der Waals surface area contributed by atoms with Crippen LogP contribution in [0.1, 0.15) is 40.8 Å². The van der Waals surface area contributed by atoms with E-state index < -0.39 is 0 Å². The molecule has 0 unspecified atom stereocenters. The molecule has 26 heavy (non-hydrogen) atoms. The van der Waals surface area contributed by atoms with Gasteiger partial charge in [0.1, 0.15) is 0 Å². The van der Waals surface area contributed by atoms with E-state index >= 15 is 0 Å². The van der Waals surface area contributed by atoms with Gasteiger partial charge in [-0.1, -0.05) is 29.4 Å². The first-order chi connectivity index (χ1) is 12.7. The van der Waals surface area contributed by atoms with Gasteiger partial charge in [0.15, 0.2) is 5.82 Å². The summed E-state index contributed by atoms with van der Waals surface area (Å²) in [6, 6.07) is 17.0. The van der Waals surface area contributed by atoms with E-state index in [9.17, 15) is 4.79 Å². The topological polar surface area (TPSA) is 71.3 Å². The molecule has 3 aromatic rings. The summed E-state index contributed by atoms with van der Waals surface area (Å²) in [7, 11) is 1.77. The third kappa shape index (κ3) is 3.59. The standard InChI is InChI=1S/C20H20N4O2/c1-24(17-8-3-2-4-9-17)20(25)15-6-5-7-16(12-15)21-13-18-22-19(26-23-18)14-10-11-14/h2-9,12,14,21H,10-11,13H2,1H3. The molecule has 0 spiro atoms. The van der Waals surface area contributed by atoms with Crippen molar-refractivity contribution < 1.29 is 9.32 Å². The molecule has 0 atom stereocenters. The van der Waals surface area contributed by atoms with E-state index in [-0.39, 0.29) is 5.91 Å². The minimum Gasteiger partial charge on any atom is -0.378 e. The van der Waals surface area contributed by atoms with E-state index in [1.807, 2.05) is 54.6 Å². The summed E-state index contributed by atoms with van der Waals surface area (Å²) < 4.78 is 5.26. The number of benzene rings is 2. The molecular formula is C20H20N4O2. The molecule has 6 nitrogen and oxygen atoms in total. The summed E-state index contributed by atoms with van der Waals surface area (Å²) in [4.78, 5) is 18.8. The molecule has 1 amide bonds. The second kappa shape index (κ2) is 7.00. The second-order valence-electron chi connectivity index (χ2n) is 6.46. The molecule has 6 heteroatoms. The van der Waals surface area contributed by atoms with Gasteiger partial charge >= 0.3 is 0 Å². The number of rotatable bonds is 6. The number of nitrogens with one attached hydrogen (secondary N) is 1. The molecule has 2 aromatic carbocycles. The van der Waals surface area contributed by atoms with Crippen molar-refractivity contribution in [2.75, 3.05) is 17.3 Å². The minimum atomic E-state index is -0.0598. The van der Waals surface area contributed by atoms with Crippen LogP contribution in [0.5, 0.6) is 0 Å². The number of hydrogen-bond acceptors (Lipinski definition) is 5. The van der Waals surface area contributed by atoms with Crippen molar-refractivity contribution in [2.24, 2.45) is 0 Å². The van der Waals surface area contributed by atoms with Crippen LogP contribution in [-0.2, 0) is 6.54 Å². The number of amides is 1. The normalized spacial score (nSPS) is 13.4. The summed E-state index contributed by atoms with van der Waals surface area (Å²) in [6.07, 6.45) is 2.27. The lowest BCUT2D eigenvalue weighted by Crippen LogP contribution is -2.26. The van der Waals surface area contributed by atoms with Gasteiger partial charge in [-0.05, 0) is 43.2 Å². The van der Waals surface area contributed by atoms with Crippen molar-refractivity contribution in [3.63, 3.8) is 0 Å². The van der Waals surface area contributed by atoms with Crippen molar-refractivity contribution in [1.29, 1.82) is 0 Å². The summed E-state index contributed by atoms with van der Waals surface area (Å²) >= 11 is 0. The molecule has 1 fully saturated rings. The van der Waals surface area contributed by atoms with Crippen molar-refractivity contribution in [3.8, 4) is 0 Å². The summed E-state index contributed by atoms with van der Waals surface area (Å²) in [5.41, 5.74) is 2.32. The van der Waals surface area contributed by atoms with Gasteiger partial charge < -0.3 is 14.7 Å². The van der Waals surface area contributed by atoms with Crippen molar-refractivity contribution in [3.05, 3.63) is 71.9 Å². The highest BCUT2D eigenvalue weighted by Gasteiger charge is 2.29. The number of nitrogens with zero attached hydrogens (tertiary/aromatic N) is 3. The van der Waals surface area contributed by atoms with E-state index in [1.54, 1.807) is 11.9 Å². The zero-order chi connectivity index (χ0) is 17.9. The second-order valence-corrected chi connectivity index (χ2v) is 6.46. The molecular weight excluding hydrogens is 328 g/mol. The van der Waals surface area contributed by atoms with Crippen LogP contribution in [0.15, 0.2) is 59.1 Å². The van der Waals surface area contributed by atoms with Gasteiger partial charge in [-0.2, -0.15) is 4.98 Å². The molecule has 1 heterocycles. The number of hydrogen-bond donors (Lipinski definition) is 1. The van der Waals surface area contributed by atoms with Gasteiger partial charge in [0.2, 0.25) is 5.89 Å². The lowest BCUT2D eigenvalue weighted by Gasteiger charge is -2.17. The number of para-hydroxylation sites is 1. The monoisotopic (exact) mass is 348 g/mol. The number of aromatic nitrogens is 2. The largest absolute Gasteiger partial charge is 0.378 e. The Balaban J connectivity index is 1.43. The van der Waals surface area contributed by atoms with Gasteiger partial charge in [-0.25, -0.2) is 0 Å². The highest BCUT2D eigenvalue weighted by Crippen LogP contribution is 2.38. The maximum atomic E-state index is 12.7. The molecule has 0 saturated heterocycles. The van der Waals surface area contributed by atoms with Crippen LogP contribution < -0.4 is 10.2 Å². The van der Waals surface area contributed by atoms with Gasteiger partial charge in [0.25, 0.3) is 5.91 Å². The third-order valence-electron chi connectivity index (χ3n) is 4.42. The molecule has 1 aromatic heterocycles. The van der Waals surface area contributed by atoms with E-state index in [1.165, 1.54) is 0 Å². The SMILES string of the molecule is CN(C(=O)c1cccc(NCc2noc(C3CC3)n2)c1)c1ccccc1. The quantitative estimate of drug-likeness (QED) is 0.733. The maximum Gasteiger partial charge on any atom is 0.258 e. The first-order valence-corrected chi connectivity index (χ1v) is 8.70. The van der Waals surface area contributed by atoms with Crippen molar-refractivity contribution >= 4 is 17.3 Å². The van der Waals surface area contributed by atoms with Crippen molar-refractivity contribution in [1.82, 2.24) is 10.1 Å². The molecule has 1 aliphatic rings. The Bertz CT molecular complexity index is 903. The fraction of sp³-hybridized carbons (Fsp3) is 0.250. The molecule has 0 bridgehead atoms. The maximum absolute atomic E-state index is 12.7. The van der Waals surface area contributed by atoms with Crippen LogP contribution in [0.25, 0.3) is 0 Å². The van der Waals surface area contributed by atoms with E-state index in [4.69, 9.17) is 4.52 Å². The Morgan fingerprint density at radius 1 is 1.19 bits per heavy atom. The van der Waals surface area contributed by atoms with Crippen LogP contribution >= 0.6 is 0 Å². The molecule has 4 rings (SSSR count). The highest BCUT2D eigenvalue weighted by atomic mass is 16.5. The van der Waals surface area contributed by atoms with Gasteiger partial charge in [0, 0.05) is 29.9 Å². The lowest BCUT2D eigenvalue weighted by atomic mass is 10.1. The molecule has 1 saturated carbocycles. The van der Waals surface area contributed by atoms with E-state index in [2.05, 4.69) is 15.5 Å². The fourth-order valence-corrected chi connectivity index (χ4v) is 2.74. The zero-order valence-electron chi connectivity index (χ0n) is 14.6. The summed E-state index contributed by atoms with van der Waals surface area (Å²) in [6.45, 7) is 0.461. The number of anilines is 2. The molecule has 0 aliphatic heterocycles. The fourth-order valence-electron chi connectivity index (χ4n) is 2.74. The summed E-state index contributed by atoms with van der Waals surface area (Å²) in [5, 5.41) is 7.25. The van der Waals surface area contributed by atoms with Gasteiger partial charge in [-0.15, -0.1) is 0 Å². The Hall–Kier alpha value is -3.15. The zero-order valence-corrected chi connectivity index (χ0v) is 14.6. The number of carbonyl (C=O) groups excluding carboxylic acids is 1. The Morgan fingerprint density at radius 2 is 2.00 bits per heavy atom. The highest BCUT2D eigenvalue weighted by molar-refractivity contribution is 6.06. The average molecular weight is 348 g/mol. The van der Waals surface area contributed by atoms with Crippen LogP contribution in [0.2, 0.25) is 0 Å². The Labute approximate surface area is 151 Å². The molecule has 132 valence electrons. The van der Waals surface area contributed by atoms with E-state index in [0.29, 0.717) is 23.9 Å². The first kappa shape index (κ1) is 16.3. The number of carbonyl (C=O) groups is 1. The van der Waals surface area contributed by atoms with Crippen LogP contribution in [0, 0.1) is 0 Å². The summed E-state index contributed by atoms with van der Waals surface area (Å²) in [5.74, 6) is 1.75. The molecule has 0 radical (unpaired) electrons. The molecule has 1 N–H and O–H groups in total. The predicted octanol–water partition coefficient (Wildman–Crippen LogP) is 3.84. The van der Waals surface area contributed by atoms with Crippen LogP contribution in [0.3, 0.4) is 0 Å². The van der Waals surface area contributed by atoms with Crippen LogP contribution in [0.4, 0.5) is 11.4 Å². The predicted molar refractivity (Wildman–Crippen MR) is 99.2 cm³/mol. The molecule has 1 aliphatic carbocycles. The van der Waals surface area contributed by atoms with Crippen molar-refractivity contribution in [2.45, 2.75) is 25.3 Å². The third-order valence-corrected chi connectivity index (χ3v) is 4.42. The van der Waals surface area contributed by atoms with Crippen LogP contribution in [-0.4, -0.2) is 23.1 Å². The van der Waals surface area contributed by atoms with E-state index in [0.717, 1.165) is 30.1 Å². The Morgan fingerprint density at radius 3 is 2.77 bits per heavy atom. The van der Waals surface area contributed by atoms with Gasteiger partial charge in [0.05, 0.1) is 6.54 Å². The lowest BCUT2D eigenvalue weighted by molar-refractivity contribution is 0.0993. The Kier molecular flexibility index (Phi) is 4.39. The minimum absolute atomic E-state index is 0.0598. The van der Waals surface area contributed by atoms with Gasteiger partial charge in [-0.3, -0.25) is 4.79 Å².